The molecule has 2 rings (SSSR count). The molecule has 1 aliphatic heterocycles. The normalized spacial score (nSPS) is 16.1. The van der Waals surface area contributed by atoms with Crippen LogP contribution in [-0.4, -0.2) is 30.4 Å². The van der Waals surface area contributed by atoms with Gasteiger partial charge < -0.3 is 4.74 Å². The summed E-state index contributed by atoms with van der Waals surface area (Å²) in [6.07, 6.45) is 0. The Balaban J connectivity index is 2.12. The van der Waals surface area contributed by atoms with Crippen LogP contribution in [0.15, 0.2) is 28.6 Å². The van der Waals surface area contributed by atoms with Crippen LogP contribution in [0, 0.1) is 17.0 Å². The van der Waals surface area contributed by atoms with Crippen molar-refractivity contribution < 1.29 is 9.66 Å². The number of nitro groups is 1. The van der Waals surface area contributed by atoms with Gasteiger partial charge in [0, 0.05) is 29.7 Å². The number of aryl methyl sites for hydroxylation is 1. The molecule has 0 saturated heterocycles. The summed E-state index contributed by atoms with van der Waals surface area (Å²) in [5.41, 5.74) is 8.23. The van der Waals surface area contributed by atoms with Gasteiger partial charge in [-0.1, -0.05) is 23.9 Å². The third-order valence-electron chi connectivity index (χ3n) is 2.86. The Bertz CT molecular complexity index is 601. The lowest BCUT2D eigenvalue weighted by atomic mass is 10.1. The van der Waals surface area contributed by atoms with Crippen molar-refractivity contribution in [1.29, 1.82) is 0 Å². The van der Waals surface area contributed by atoms with Crippen molar-refractivity contribution in [3.8, 4) is 0 Å². The average Bonchev–Trinajstić information content (AvgIpc) is 2.48. The molecule has 0 aliphatic carbocycles. The number of nitro benzene ring substituents is 1. The Labute approximate surface area is 126 Å². The van der Waals surface area contributed by atoms with Gasteiger partial charge in [-0.2, -0.15) is 0 Å². The van der Waals surface area contributed by atoms with E-state index in [1.807, 2.05) is 11.5 Å². The van der Waals surface area contributed by atoms with Crippen LogP contribution in [0.25, 0.3) is 5.70 Å². The molecule has 0 amide bonds. The van der Waals surface area contributed by atoms with Gasteiger partial charge in [0.15, 0.2) is 5.17 Å². The summed E-state index contributed by atoms with van der Waals surface area (Å²) in [5.74, 6) is 0. The molecule has 0 spiro atoms. The van der Waals surface area contributed by atoms with E-state index in [-0.39, 0.29) is 10.6 Å². The SMILES string of the molecule is COCCN=C1NNC(c2ccc(C)c([N+](=O)[O-])c2)=CS1. The van der Waals surface area contributed by atoms with Crippen LogP contribution in [-0.2, 0) is 4.74 Å². The second-order valence-electron chi connectivity index (χ2n) is 4.34. The van der Waals surface area contributed by atoms with E-state index in [2.05, 4.69) is 15.8 Å². The first-order valence-corrected chi connectivity index (χ1v) is 7.17. The zero-order valence-corrected chi connectivity index (χ0v) is 12.6. The summed E-state index contributed by atoms with van der Waals surface area (Å²) >= 11 is 1.42. The summed E-state index contributed by atoms with van der Waals surface area (Å²) in [6.45, 7) is 2.86. The summed E-state index contributed by atoms with van der Waals surface area (Å²) < 4.78 is 4.93. The Hall–Kier alpha value is -2.06. The van der Waals surface area contributed by atoms with Crippen molar-refractivity contribution in [3.05, 3.63) is 44.8 Å². The minimum atomic E-state index is -0.375. The predicted molar refractivity (Wildman–Crippen MR) is 83.9 cm³/mol. The molecule has 112 valence electrons. The molecular formula is C13H16N4O3S. The van der Waals surface area contributed by atoms with Gasteiger partial charge in [0.25, 0.3) is 5.69 Å². The van der Waals surface area contributed by atoms with Crippen LogP contribution in [0.4, 0.5) is 5.69 Å². The molecule has 1 aromatic carbocycles. The van der Waals surface area contributed by atoms with Crippen molar-refractivity contribution in [1.82, 2.24) is 10.9 Å². The first kappa shape index (κ1) is 15.3. The monoisotopic (exact) mass is 308 g/mol. The third-order valence-corrected chi connectivity index (χ3v) is 3.67. The number of thioether (sulfide) groups is 1. The minimum Gasteiger partial charge on any atom is -0.383 e. The van der Waals surface area contributed by atoms with E-state index >= 15 is 0 Å². The fourth-order valence-corrected chi connectivity index (χ4v) is 2.42. The third kappa shape index (κ3) is 3.96. The number of nitrogens with zero attached hydrogens (tertiary/aromatic N) is 2. The summed E-state index contributed by atoms with van der Waals surface area (Å²) in [5, 5.41) is 13.6. The highest BCUT2D eigenvalue weighted by molar-refractivity contribution is 8.16. The van der Waals surface area contributed by atoms with Gasteiger partial charge in [-0.05, 0) is 6.92 Å². The zero-order valence-electron chi connectivity index (χ0n) is 11.8. The highest BCUT2D eigenvalue weighted by Crippen LogP contribution is 2.25. The van der Waals surface area contributed by atoms with Crippen molar-refractivity contribution in [3.63, 3.8) is 0 Å². The van der Waals surface area contributed by atoms with E-state index in [0.29, 0.717) is 18.7 Å². The maximum absolute atomic E-state index is 11.0. The number of hydrogen-bond donors (Lipinski definition) is 2. The standard InChI is InChI=1S/C13H16N4O3S/c1-9-3-4-10(7-12(9)17(18)19)11-8-21-13(16-15-11)14-5-6-20-2/h3-4,7-8,15H,5-6H2,1-2H3,(H,14,16). The molecule has 21 heavy (non-hydrogen) atoms. The van der Waals surface area contributed by atoms with Gasteiger partial charge in [-0.3, -0.25) is 26.0 Å². The van der Waals surface area contributed by atoms with Gasteiger partial charge in [0.2, 0.25) is 0 Å². The molecule has 8 heteroatoms. The molecule has 7 nitrogen and oxygen atoms in total. The number of methoxy groups -OCH3 is 1. The van der Waals surface area contributed by atoms with Crippen molar-refractivity contribution in [2.24, 2.45) is 4.99 Å². The highest BCUT2D eigenvalue weighted by atomic mass is 32.2. The Morgan fingerprint density at radius 2 is 2.24 bits per heavy atom. The fraction of sp³-hybridized carbons (Fsp3) is 0.308. The van der Waals surface area contributed by atoms with Crippen LogP contribution in [0.2, 0.25) is 0 Å². The number of hydrogen-bond acceptors (Lipinski definition) is 6. The Morgan fingerprint density at radius 3 is 2.86 bits per heavy atom. The van der Waals surface area contributed by atoms with Gasteiger partial charge >= 0.3 is 0 Å². The molecule has 0 atom stereocenters. The van der Waals surface area contributed by atoms with E-state index in [4.69, 9.17) is 4.74 Å². The lowest BCUT2D eigenvalue weighted by Crippen LogP contribution is -2.37. The molecule has 2 N–H and O–H groups in total. The molecule has 0 aromatic heterocycles. The smallest absolute Gasteiger partial charge is 0.272 e. The largest absolute Gasteiger partial charge is 0.383 e. The Morgan fingerprint density at radius 1 is 1.43 bits per heavy atom. The molecule has 1 aliphatic rings. The van der Waals surface area contributed by atoms with Crippen LogP contribution in [0.3, 0.4) is 0 Å². The second kappa shape index (κ2) is 7.09. The molecule has 0 saturated carbocycles. The fourth-order valence-electron chi connectivity index (χ4n) is 1.72. The molecular weight excluding hydrogens is 292 g/mol. The van der Waals surface area contributed by atoms with E-state index < -0.39 is 0 Å². The maximum Gasteiger partial charge on any atom is 0.272 e. The first-order chi connectivity index (χ1) is 10.1. The lowest BCUT2D eigenvalue weighted by molar-refractivity contribution is -0.385. The van der Waals surface area contributed by atoms with Crippen LogP contribution in [0.1, 0.15) is 11.1 Å². The molecule has 0 fully saturated rings. The highest BCUT2D eigenvalue weighted by Gasteiger charge is 2.15. The number of hydrazine groups is 1. The van der Waals surface area contributed by atoms with Crippen molar-refractivity contribution in [2.45, 2.75) is 6.92 Å². The van der Waals surface area contributed by atoms with E-state index in [1.165, 1.54) is 11.8 Å². The van der Waals surface area contributed by atoms with Crippen molar-refractivity contribution in [2.75, 3.05) is 20.3 Å². The van der Waals surface area contributed by atoms with Crippen LogP contribution >= 0.6 is 11.8 Å². The summed E-state index contributed by atoms with van der Waals surface area (Å²) in [4.78, 5) is 14.9. The molecule has 0 unspecified atom stereocenters. The van der Waals surface area contributed by atoms with Crippen LogP contribution in [0.5, 0.6) is 0 Å². The number of ether oxygens (including phenoxy) is 1. The predicted octanol–water partition coefficient (Wildman–Crippen LogP) is 2.05. The molecule has 1 aromatic rings. The van der Waals surface area contributed by atoms with E-state index in [0.717, 1.165) is 16.4 Å². The first-order valence-electron chi connectivity index (χ1n) is 6.29. The topological polar surface area (TPSA) is 88.8 Å². The van der Waals surface area contributed by atoms with E-state index in [1.54, 1.807) is 26.2 Å². The summed E-state index contributed by atoms with van der Waals surface area (Å²) in [6, 6.07) is 5.14. The number of aliphatic imine (C=N–C) groups is 1. The van der Waals surface area contributed by atoms with Crippen molar-refractivity contribution >= 4 is 28.3 Å². The number of rotatable bonds is 5. The minimum absolute atomic E-state index is 0.111. The van der Waals surface area contributed by atoms with Gasteiger partial charge in [0.1, 0.15) is 0 Å². The average molecular weight is 308 g/mol. The van der Waals surface area contributed by atoms with E-state index in [9.17, 15) is 10.1 Å². The quantitative estimate of drug-likeness (QED) is 0.491. The van der Waals surface area contributed by atoms with Gasteiger partial charge in [0.05, 0.1) is 23.8 Å². The Kier molecular flexibility index (Phi) is 5.18. The molecule has 0 radical (unpaired) electrons. The number of amidine groups is 1. The summed E-state index contributed by atoms with van der Waals surface area (Å²) in [7, 11) is 1.63. The zero-order chi connectivity index (χ0) is 15.2. The van der Waals surface area contributed by atoms with Gasteiger partial charge in [-0.25, -0.2) is 0 Å². The molecule has 0 bridgehead atoms. The van der Waals surface area contributed by atoms with Gasteiger partial charge in [-0.15, -0.1) is 0 Å². The number of benzene rings is 1. The number of nitrogens with one attached hydrogen (secondary N) is 2. The maximum atomic E-state index is 11.0. The molecule has 1 heterocycles. The second-order valence-corrected chi connectivity index (χ2v) is 5.20. The van der Waals surface area contributed by atoms with Crippen LogP contribution < -0.4 is 10.9 Å². The lowest BCUT2D eigenvalue weighted by Gasteiger charge is -2.19.